The molecule has 2 atom stereocenters. The van der Waals surface area contributed by atoms with Gasteiger partial charge in [-0.15, -0.1) is 6.58 Å². The topological polar surface area (TPSA) is 29.5 Å². The van der Waals surface area contributed by atoms with Crippen LogP contribution in [0.5, 0.6) is 0 Å². The zero-order valence-electron chi connectivity index (χ0n) is 16.5. The van der Waals surface area contributed by atoms with Gasteiger partial charge in [0, 0.05) is 11.8 Å². The van der Waals surface area contributed by atoms with Crippen molar-refractivity contribution in [3.05, 3.63) is 60.7 Å². The van der Waals surface area contributed by atoms with E-state index in [2.05, 4.69) is 70.4 Å². The zero-order chi connectivity index (χ0) is 18.8. The monoisotopic (exact) mass is 358 g/mol. The van der Waals surface area contributed by atoms with Crippen molar-refractivity contribution in [1.29, 1.82) is 0 Å². The zero-order valence-corrected chi connectivity index (χ0v) is 17.5. The summed E-state index contributed by atoms with van der Waals surface area (Å²) in [4.78, 5) is 0. The second kappa shape index (κ2) is 7.22. The molecule has 0 fully saturated rings. The summed E-state index contributed by atoms with van der Waals surface area (Å²) in [5.41, 5.74) is -0.458. The fourth-order valence-corrected chi connectivity index (χ4v) is 5.61. The molecule has 0 radical (unpaired) electrons. The Kier molecular flexibility index (Phi) is 5.82. The van der Waals surface area contributed by atoms with Gasteiger partial charge in [0.1, 0.15) is 0 Å². The number of aliphatic hydroxyl groups is 1. The number of hydrogen-bond donors (Lipinski definition) is 1. The summed E-state index contributed by atoms with van der Waals surface area (Å²) in [6.07, 6.45) is 9.10. The molecule has 0 heterocycles. The molecule has 0 amide bonds. The first-order chi connectivity index (χ1) is 11.6. The van der Waals surface area contributed by atoms with Gasteiger partial charge < -0.3 is 9.53 Å². The Labute approximate surface area is 154 Å². The quantitative estimate of drug-likeness (QED) is 0.515. The average Bonchev–Trinajstić information content (AvgIpc) is 2.51. The molecule has 1 aromatic rings. The van der Waals surface area contributed by atoms with Crippen molar-refractivity contribution >= 4 is 8.32 Å². The van der Waals surface area contributed by atoms with Crippen LogP contribution < -0.4 is 0 Å². The molecular formula is C22H34O2Si. The maximum absolute atomic E-state index is 11.5. The van der Waals surface area contributed by atoms with Gasteiger partial charge in [0.2, 0.25) is 0 Å². The van der Waals surface area contributed by atoms with Crippen LogP contribution in [-0.2, 0) is 10.8 Å². The summed E-state index contributed by atoms with van der Waals surface area (Å²) in [5, 5.41) is 11.5. The fourth-order valence-electron chi connectivity index (χ4n) is 4.03. The molecule has 1 aliphatic rings. The van der Waals surface area contributed by atoms with E-state index in [-0.39, 0.29) is 0 Å². The third-order valence-corrected chi connectivity index (χ3v) is 6.63. The third-order valence-electron chi connectivity index (χ3n) is 5.63. The number of benzene rings is 1. The highest BCUT2D eigenvalue weighted by atomic mass is 28.4. The molecule has 0 aromatic heterocycles. The summed E-state index contributed by atoms with van der Waals surface area (Å²) in [6.45, 7) is 14.9. The van der Waals surface area contributed by atoms with Gasteiger partial charge in [0.15, 0.2) is 8.32 Å². The molecule has 0 saturated heterocycles. The molecule has 0 spiro atoms. The molecule has 2 nitrogen and oxygen atoms in total. The third kappa shape index (κ3) is 4.16. The van der Waals surface area contributed by atoms with Crippen LogP contribution in [0.2, 0.25) is 19.6 Å². The lowest BCUT2D eigenvalue weighted by Crippen LogP contribution is -2.64. The second-order valence-electron chi connectivity index (χ2n) is 8.85. The predicted octanol–water partition coefficient (Wildman–Crippen LogP) is 5.50. The van der Waals surface area contributed by atoms with Crippen LogP contribution in [0.3, 0.4) is 0 Å². The van der Waals surface area contributed by atoms with Gasteiger partial charge in [-0.1, -0.05) is 62.4 Å². The van der Waals surface area contributed by atoms with E-state index >= 15 is 0 Å². The minimum atomic E-state index is -1.82. The minimum absolute atomic E-state index is 0.409. The molecule has 138 valence electrons. The van der Waals surface area contributed by atoms with E-state index in [0.29, 0.717) is 6.42 Å². The highest BCUT2D eigenvalue weighted by molar-refractivity contribution is 6.69. The molecule has 1 aliphatic carbocycles. The van der Waals surface area contributed by atoms with Crippen molar-refractivity contribution in [2.24, 2.45) is 5.41 Å². The summed E-state index contributed by atoms with van der Waals surface area (Å²) in [5.74, 6) is 0. The number of hydrogen-bond acceptors (Lipinski definition) is 2. The predicted molar refractivity (Wildman–Crippen MR) is 109 cm³/mol. The smallest absolute Gasteiger partial charge is 0.184 e. The van der Waals surface area contributed by atoms with Gasteiger partial charge >= 0.3 is 0 Å². The van der Waals surface area contributed by atoms with Crippen molar-refractivity contribution in [3.8, 4) is 0 Å². The Morgan fingerprint density at radius 1 is 1.20 bits per heavy atom. The fraction of sp³-hybridized carbons (Fsp3) is 0.545. The highest BCUT2D eigenvalue weighted by Gasteiger charge is 2.58. The molecule has 25 heavy (non-hydrogen) atoms. The molecule has 3 heteroatoms. The van der Waals surface area contributed by atoms with Crippen LogP contribution in [0.4, 0.5) is 0 Å². The maximum Gasteiger partial charge on any atom is 0.184 e. The molecule has 2 rings (SSSR count). The van der Waals surface area contributed by atoms with E-state index in [1.54, 1.807) is 0 Å². The average molecular weight is 359 g/mol. The van der Waals surface area contributed by atoms with Crippen LogP contribution in [0, 0.1) is 5.41 Å². The van der Waals surface area contributed by atoms with E-state index in [4.69, 9.17) is 4.43 Å². The van der Waals surface area contributed by atoms with Gasteiger partial charge in [0.25, 0.3) is 0 Å². The molecule has 0 saturated carbocycles. The van der Waals surface area contributed by atoms with Gasteiger partial charge in [-0.3, -0.25) is 0 Å². The Morgan fingerprint density at radius 3 is 2.40 bits per heavy atom. The van der Waals surface area contributed by atoms with Crippen molar-refractivity contribution < 1.29 is 9.53 Å². The van der Waals surface area contributed by atoms with Crippen molar-refractivity contribution in [3.63, 3.8) is 0 Å². The Morgan fingerprint density at radius 2 is 1.84 bits per heavy atom. The number of allylic oxidation sites excluding steroid dienone is 1. The lowest BCUT2D eigenvalue weighted by Gasteiger charge is -2.58. The van der Waals surface area contributed by atoms with Crippen LogP contribution in [0.1, 0.15) is 38.7 Å². The van der Waals surface area contributed by atoms with E-state index in [1.165, 1.54) is 5.56 Å². The standard InChI is InChI=1S/C22H34O2Si/c1-7-8-15-21(23)16-12-17-22(20(21,2)3,24-25(4,5)6)18-19-13-10-9-11-14-19/h7,9-14,16,23H,1,8,15,17-18H2,2-6H3/t21?,22-/m0/s1. The van der Waals surface area contributed by atoms with Gasteiger partial charge in [-0.2, -0.15) is 0 Å². The molecule has 1 N–H and O–H groups in total. The van der Waals surface area contributed by atoms with Crippen molar-refractivity contribution in [1.82, 2.24) is 0 Å². The van der Waals surface area contributed by atoms with E-state index in [9.17, 15) is 5.11 Å². The van der Waals surface area contributed by atoms with Crippen LogP contribution in [-0.4, -0.2) is 24.6 Å². The summed E-state index contributed by atoms with van der Waals surface area (Å²) < 4.78 is 6.86. The maximum atomic E-state index is 11.5. The van der Waals surface area contributed by atoms with Crippen molar-refractivity contribution in [2.75, 3.05) is 0 Å². The lowest BCUT2D eigenvalue weighted by molar-refractivity contribution is -0.157. The first kappa shape index (κ1) is 20.2. The first-order valence-electron chi connectivity index (χ1n) is 9.30. The molecule has 0 aliphatic heterocycles. The Hall–Kier alpha value is -1.16. The normalized spacial score (nSPS) is 28.7. The van der Waals surface area contributed by atoms with Crippen LogP contribution >= 0.6 is 0 Å². The number of rotatable bonds is 7. The van der Waals surface area contributed by atoms with Crippen LogP contribution in [0.25, 0.3) is 0 Å². The van der Waals surface area contributed by atoms with Gasteiger partial charge in [0.05, 0.1) is 11.2 Å². The van der Waals surface area contributed by atoms with Crippen LogP contribution in [0.15, 0.2) is 55.1 Å². The van der Waals surface area contributed by atoms with E-state index in [1.807, 2.05) is 18.2 Å². The second-order valence-corrected chi connectivity index (χ2v) is 13.3. The largest absolute Gasteiger partial charge is 0.411 e. The summed E-state index contributed by atoms with van der Waals surface area (Å²) in [6, 6.07) is 10.5. The Balaban J connectivity index is 2.50. The lowest BCUT2D eigenvalue weighted by atomic mass is 9.57. The highest BCUT2D eigenvalue weighted by Crippen LogP contribution is 2.53. The van der Waals surface area contributed by atoms with Gasteiger partial charge in [-0.05, 0) is 44.5 Å². The first-order valence-corrected chi connectivity index (χ1v) is 12.7. The summed E-state index contributed by atoms with van der Waals surface area (Å²) >= 11 is 0. The van der Waals surface area contributed by atoms with E-state index < -0.39 is 24.9 Å². The molecule has 0 bridgehead atoms. The van der Waals surface area contributed by atoms with E-state index in [0.717, 1.165) is 19.3 Å². The molecule has 1 aromatic carbocycles. The van der Waals surface area contributed by atoms with Crippen molar-refractivity contribution in [2.45, 2.75) is 70.4 Å². The van der Waals surface area contributed by atoms with Gasteiger partial charge in [-0.25, -0.2) is 0 Å². The summed E-state index contributed by atoms with van der Waals surface area (Å²) in [7, 11) is -1.82. The Bertz CT molecular complexity index is 615. The SMILES string of the molecule is C=CCCC1(O)C=CC[C@@](Cc2ccccc2)(O[Si](C)(C)C)C1(C)C. The minimum Gasteiger partial charge on any atom is -0.411 e. The molecular weight excluding hydrogens is 324 g/mol. The molecule has 1 unspecified atom stereocenters.